The summed E-state index contributed by atoms with van der Waals surface area (Å²) < 4.78 is 3.20. The van der Waals surface area contributed by atoms with Gasteiger partial charge < -0.3 is 11.1 Å². The van der Waals surface area contributed by atoms with Crippen molar-refractivity contribution in [3.05, 3.63) is 78.9 Å². The Bertz CT molecular complexity index is 1380. The van der Waals surface area contributed by atoms with Crippen LogP contribution in [0.25, 0.3) is 22.3 Å². The Morgan fingerprint density at radius 3 is 2.53 bits per heavy atom. The molecule has 2 aromatic carbocycles. The molecule has 158 valence electrons. The number of carbonyl (C=O) groups is 1. The monoisotopic (exact) mass is 425 g/mol. The fourth-order valence-electron chi connectivity index (χ4n) is 3.45. The number of nitrogens with zero attached hydrogens (tertiary/aromatic N) is 7. The summed E-state index contributed by atoms with van der Waals surface area (Å²) in [5, 5.41) is 16.5. The summed E-state index contributed by atoms with van der Waals surface area (Å²) in [5.41, 5.74) is 9.73. The maximum Gasteiger partial charge on any atom is 0.246 e. The minimum absolute atomic E-state index is 0.0478. The van der Waals surface area contributed by atoms with Crippen LogP contribution >= 0.6 is 0 Å². The van der Waals surface area contributed by atoms with Crippen LogP contribution in [-0.2, 0) is 17.9 Å². The fraction of sp³-hybridized carbons (Fsp3) is 0.0909. The lowest BCUT2D eigenvalue weighted by molar-refractivity contribution is -0.116. The minimum atomic E-state index is -0.191. The molecule has 0 atom stereocenters. The molecular weight excluding hydrogens is 406 g/mol. The molecule has 0 aliphatic rings. The highest BCUT2D eigenvalue weighted by Gasteiger charge is 2.18. The van der Waals surface area contributed by atoms with Gasteiger partial charge >= 0.3 is 0 Å². The molecule has 3 aromatic heterocycles. The number of nitrogens with two attached hydrogens (primary N) is 1. The van der Waals surface area contributed by atoms with Gasteiger partial charge in [-0.05, 0) is 12.1 Å². The van der Waals surface area contributed by atoms with E-state index in [0.29, 0.717) is 34.8 Å². The summed E-state index contributed by atoms with van der Waals surface area (Å²) in [7, 11) is 0. The Morgan fingerprint density at radius 1 is 1.00 bits per heavy atom. The molecule has 0 spiro atoms. The van der Waals surface area contributed by atoms with Gasteiger partial charge in [0, 0.05) is 11.3 Å². The topological polar surface area (TPSA) is 129 Å². The summed E-state index contributed by atoms with van der Waals surface area (Å²) >= 11 is 0. The zero-order valence-electron chi connectivity index (χ0n) is 17.0. The molecule has 0 saturated carbocycles. The van der Waals surface area contributed by atoms with Crippen LogP contribution in [-0.4, -0.2) is 40.6 Å². The number of carbonyl (C=O) groups excluding carboxylic acids is 1. The van der Waals surface area contributed by atoms with Crippen LogP contribution in [0.4, 0.5) is 11.5 Å². The second-order valence-corrected chi connectivity index (χ2v) is 7.15. The van der Waals surface area contributed by atoms with Crippen LogP contribution in [0.5, 0.6) is 0 Å². The predicted molar refractivity (Wildman–Crippen MR) is 119 cm³/mol. The van der Waals surface area contributed by atoms with E-state index < -0.39 is 0 Å². The van der Waals surface area contributed by atoms with Gasteiger partial charge in [0.1, 0.15) is 30.1 Å². The predicted octanol–water partition coefficient (Wildman–Crippen LogP) is 2.35. The molecule has 10 nitrogen and oxygen atoms in total. The molecule has 3 N–H and O–H groups in total. The van der Waals surface area contributed by atoms with E-state index in [1.54, 1.807) is 10.9 Å². The van der Waals surface area contributed by atoms with Crippen molar-refractivity contribution in [2.45, 2.75) is 13.1 Å². The molecule has 0 aliphatic heterocycles. The second-order valence-electron chi connectivity index (χ2n) is 7.15. The van der Waals surface area contributed by atoms with Gasteiger partial charge in [0.2, 0.25) is 5.91 Å². The number of para-hydroxylation sites is 1. The maximum absolute atomic E-state index is 12.3. The van der Waals surface area contributed by atoms with E-state index in [1.807, 2.05) is 60.7 Å². The van der Waals surface area contributed by atoms with E-state index in [-0.39, 0.29) is 12.5 Å². The number of anilines is 2. The summed E-state index contributed by atoms with van der Waals surface area (Å²) in [6.45, 7) is 0.367. The molecule has 1 amide bonds. The van der Waals surface area contributed by atoms with Gasteiger partial charge in [0.05, 0.1) is 18.1 Å². The third kappa shape index (κ3) is 3.88. The van der Waals surface area contributed by atoms with Gasteiger partial charge in [0.15, 0.2) is 5.65 Å². The quantitative estimate of drug-likeness (QED) is 0.427. The van der Waals surface area contributed by atoms with Crippen molar-refractivity contribution in [1.82, 2.24) is 34.7 Å². The number of rotatable bonds is 6. The SMILES string of the molecule is Nc1ncnc2c1c(-c1ccccc1)nn2Cc1cn(CC(=O)Nc2ccccc2)nn1. The Hall–Kier alpha value is -4.60. The molecule has 10 heteroatoms. The smallest absolute Gasteiger partial charge is 0.246 e. The van der Waals surface area contributed by atoms with E-state index in [4.69, 9.17) is 10.8 Å². The number of nitrogen functional groups attached to an aromatic ring is 1. The van der Waals surface area contributed by atoms with Crippen LogP contribution in [0.3, 0.4) is 0 Å². The Kier molecular flexibility index (Phi) is 5.00. The largest absolute Gasteiger partial charge is 0.383 e. The van der Waals surface area contributed by atoms with Gasteiger partial charge in [-0.3, -0.25) is 4.79 Å². The number of hydrogen-bond donors (Lipinski definition) is 2. The molecule has 0 fully saturated rings. The Balaban J connectivity index is 1.38. The lowest BCUT2D eigenvalue weighted by Crippen LogP contribution is -2.19. The number of aromatic nitrogens is 7. The van der Waals surface area contributed by atoms with Crippen molar-refractivity contribution in [3.8, 4) is 11.3 Å². The molecule has 0 aliphatic carbocycles. The Labute approximate surface area is 182 Å². The van der Waals surface area contributed by atoms with Gasteiger partial charge in [-0.25, -0.2) is 19.3 Å². The molecule has 0 unspecified atom stereocenters. The third-order valence-corrected chi connectivity index (χ3v) is 4.87. The number of benzene rings is 2. The van der Waals surface area contributed by atoms with E-state index in [0.717, 1.165) is 11.3 Å². The maximum atomic E-state index is 12.3. The normalized spacial score (nSPS) is 11.0. The van der Waals surface area contributed by atoms with E-state index in [1.165, 1.54) is 11.0 Å². The number of fused-ring (bicyclic) bond motifs is 1. The van der Waals surface area contributed by atoms with Gasteiger partial charge in [-0.1, -0.05) is 53.7 Å². The van der Waals surface area contributed by atoms with Crippen molar-refractivity contribution in [3.63, 3.8) is 0 Å². The van der Waals surface area contributed by atoms with Crippen molar-refractivity contribution in [2.75, 3.05) is 11.1 Å². The zero-order valence-corrected chi connectivity index (χ0v) is 17.0. The van der Waals surface area contributed by atoms with Crippen LogP contribution < -0.4 is 11.1 Å². The summed E-state index contributed by atoms with van der Waals surface area (Å²) in [6, 6.07) is 19.0. The highest BCUT2D eigenvalue weighted by Crippen LogP contribution is 2.30. The fourth-order valence-corrected chi connectivity index (χ4v) is 3.45. The van der Waals surface area contributed by atoms with Gasteiger partial charge in [-0.15, -0.1) is 5.10 Å². The summed E-state index contributed by atoms with van der Waals surface area (Å²) in [5.74, 6) is 0.172. The van der Waals surface area contributed by atoms with E-state index >= 15 is 0 Å². The first kappa shape index (κ1) is 19.4. The number of amides is 1. The molecule has 32 heavy (non-hydrogen) atoms. The molecule has 0 bridgehead atoms. The lowest BCUT2D eigenvalue weighted by Gasteiger charge is -2.04. The minimum Gasteiger partial charge on any atom is -0.383 e. The van der Waals surface area contributed by atoms with Crippen molar-refractivity contribution in [2.24, 2.45) is 0 Å². The molecule has 0 saturated heterocycles. The van der Waals surface area contributed by atoms with Crippen molar-refractivity contribution >= 4 is 28.4 Å². The van der Waals surface area contributed by atoms with Crippen LogP contribution in [0, 0.1) is 0 Å². The average molecular weight is 425 g/mol. The van der Waals surface area contributed by atoms with E-state index in [9.17, 15) is 4.79 Å². The zero-order chi connectivity index (χ0) is 21.9. The first-order chi connectivity index (χ1) is 15.7. The summed E-state index contributed by atoms with van der Waals surface area (Å²) in [6.07, 6.45) is 3.13. The van der Waals surface area contributed by atoms with Gasteiger partial charge in [-0.2, -0.15) is 5.10 Å². The molecular formula is C22H19N9O. The van der Waals surface area contributed by atoms with Crippen LogP contribution in [0.1, 0.15) is 5.69 Å². The standard InChI is InChI=1S/C22H19N9O/c23-21-19-20(15-7-3-1-4-8-15)28-31(22(19)25-14-24-21)12-17-11-30(29-27-17)13-18(32)26-16-9-5-2-6-10-16/h1-11,14H,12-13H2,(H,26,32)(H2,23,24,25). The highest BCUT2D eigenvalue weighted by atomic mass is 16.2. The van der Waals surface area contributed by atoms with Crippen LogP contribution in [0.2, 0.25) is 0 Å². The molecule has 0 radical (unpaired) electrons. The summed E-state index contributed by atoms with van der Waals surface area (Å²) in [4.78, 5) is 20.8. The van der Waals surface area contributed by atoms with Crippen molar-refractivity contribution in [1.29, 1.82) is 0 Å². The lowest BCUT2D eigenvalue weighted by atomic mass is 10.1. The van der Waals surface area contributed by atoms with Gasteiger partial charge in [0.25, 0.3) is 0 Å². The average Bonchev–Trinajstić information content (AvgIpc) is 3.40. The first-order valence-corrected chi connectivity index (χ1v) is 9.94. The number of nitrogens with one attached hydrogen (secondary N) is 1. The molecule has 5 rings (SSSR count). The Morgan fingerprint density at radius 2 is 1.75 bits per heavy atom. The third-order valence-electron chi connectivity index (χ3n) is 4.87. The number of hydrogen-bond acceptors (Lipinski definition) is 7. The molecule has 5 aromatic rings. The first-order valence-electron chi connectivity index (χ1n) is 9.94. The molecule has 3 heterocycles. The second kappa shape index (κ2) is 8.26. The van der Waals surface area contributed by atoms with E-state index in [2.05, 4.69) is 25.6 Å². The van der Waals surface area contributed by atoms with Crippen molar-refractivity contribution < 1.29 is 4.79 Å². The highest BCUT2D eigenvalue weighted by molar-refractivity contribution is 5.98. The van der Waals surface area contributed by atoms with Crippen LogP contribution in [0.15, 0.2) is 73.2 Å².